The van der Waals surface area contributed by atoms with E-state index in [9.17, 15) is 14.7 Å². The maximum Gasteiger partial charge on any atom is 0.317 e. The van der Waals surface area contributed by atoms with Crippen LogP contribution in [-0.4, -0.2) is 66.2 Å². The van der Waals surface area contributed by atoms with E-state index in [-0.39, 0.29) is 18.0 Å². The van der Waals surface area contributed by atoms with Gasteiger partial charge in [-0.25, -0.2) is 4.79 Å². The van der Waals surface area contributed by atoms with Gasteiger partial charge in [-0.15, -0.1) is 0 Å². The highest BCUT2D eigenvalue weighted by molar-refractivity contribution is 5.82. The van der Waals surface area contributed by atoms with E-state index >= 15 is 0 Å². The summed E-state index contributed by atoms with van der Waals surface area (Å²) in [5, 5.41) is 13.3. The minimum atomic E-state index is -1.19. The molecule has 2 saturated heterocycles. The Bertz CT molecular complexity index is 629. The molecule has 2 N–H and O–H groups in total. The van der Waals surface area contributed by atoms with Gasteiger partial charge in [0.15, 0.2) is 6.10 Å². The van der Waals surface area contributed by atoms with Gasteiger partial charge in [-0.3, -0.25) is 4.79 Å². The second-order valence-electron chi connectivity index (χ2n) is 6.51. The highest BCUT2D eigenvalue weighted by Crippen LogP contribution is 2.24. The number of aliphatic hydroxyl groups is 1. The third-order valence-electron chi connectivity index (χ3n) is 4.97. The summed E-state index contributed by atoms with van der Waals surface area (Å²) in [6.07, 6.45) is 1.25. The number of hydrogen-bond acceptors (Lipinski definition) is 4. The van der Waals surface area contributed by atoms with E-state index in [0.717, 1.165) is 32.4 Å². The van der Waals surface area contributed by atoms with Crippen LogP contribution >= 0.6 is 0 Å². The number of likely N-dealkylation sites (tertiary alicyclic amines) is 1. The molecule has 3 amide bonds. The quantitative estimate of drug-likeness (QED) is 0.856. The lowest BCUT2D eigenvalue weighted by molar-refractivity contribution is -0.142. The van der Waals surface area contributed by atoms with Crippen LogP contribution in [0.25, 0.3) is 0 Å². The molecule has 136 valence electrons. The molecular formula is C18H25N3O4. The maximum absolute atomic E-state index is 12.6. The third kappa shape index (κ3) is 3.87. The first kappa shape index (κ1) is 17.5. The highest BCUT2D eigenvalue weighted by atomic mass is 16.5. The molecule has 1 unspecified atom stereocenters. The smallest absolute Gasteiger partial charge is 0.317 e. The Balaban J connectivity index is 1.58. The Labute approximate surface area is 147 Å². The van der Waals surface area contributed by atoms with Crippen LogP contribution in [0.5, 0.6) is 5.75 Å². The minimum Gasteiger partial charge on any atom is -0.497 e. The van der Waals surface area contributed by atoms with Crippen LogP contribution in [0.3, 0.4) is 0 Å². The Hall–Kier alpha value is -2.28. The van der Waals surface area contributed by atoms with Crippen molar-refractivity contribution in [2.24, 2.45) is 0 Å². The molecule has 2 aliphatic heterocycles. The second-order valence-corrected chi connectivity index (χ2v) is 6.51. The van der Waals surface area contributed by atoms with E-state index in [2.05, 4.69) is 5.32 Å². The summed E-state index contributed by atoms with van der Waals surface area (Å²) in [4.78, 5) is 28.1. The van der Waals surface area contributed by atoms with Gasteiger partial charge in [-0.2, -0.15) is 0 Å². The molecule has 1 atom stereocenters. The largest absolute Gasteiger partial charge is 0.497 e. The predicted octanol–water partition coefficient (Wildman–Crippen LogP) is 1.13. The topological polar surface area (TPSA) is 82.1 Å². The molecular weight excluding hydrogens is 322 g/mol. The number of aliphatic hydroxyl groups excluding tert-OH is 1. The fourth-order valence-corrected chi connectivity index (χ4v) is 3.52. The molecule has 3 rings (SSSR count). The summed E-state index contributed by atoms with van der Waals surface area (Å²) >= 11 is 0. The summed E-state index contributed by atoms with van der Waals surface area (Å²) in [6.45, 7) is 2.61. The number of methoxy groups -OCH3 is 1. The van der Waals surface area contributed by atoms with Crippen LogP contribution in [0, 0.1) is 0 Å². The zero-order chi connectivity index (χ0) is 17.8. The van der Waals surface area contributed by atoms with Gasteiger partial charge in [0.05, 0.1) is 7.11 Å². The van der Waals surface area contributed by atoms with Crippen molar-refractivity contribution in [3.63, 3.8) is 0 Å². The number of amides is 3. The zero-order valence-electron chi connectivity index (χ0n) is 14.5. The standard InChI is InChI=1S/C18H25N3O4/c1-25-15-5-2-4-13(12-15)16(22)17(23)20-10-6-14(7-11-20)21-9-3-8-19-18(21)24/h2,4-5,12,14,16,22H,3,6-11H2,1H3,(H,19,24). The molecule has 25 heavy (non-hydrogen) atoms. The Morgan fingerprint density at radius 3 is 2.76 bits per heavy atom. The van der Waals surface area contributed by atoms with E-state index in [1.165, 1.54) is 0 Å². The van der Waals surface area contributed by atoms with E-state index in [4.69, 9.17) is 4.74 Å². The van der Waals surface area contributed by atoms with Gasteiger partial charge in [0.25, 0.3) is 5.91 Å². The molecule has 2 aliphatic rings. The number of rotatable bonds is 4. The number of carbonyl (C=O) groups is 2. The lowest BCUT2D eigenvalue weighted by Crippen LogP contribution is -2.55. The van der Waals surface area contributed by atoms with Crippen molar-refractivity contribution >= 4 is 11.9 Å². The molecule has 2 fully saturated rings. The van der Waals surface area contributed by atoms with Crippen LogP contribution in [0.4, 0.5) is 4.79 Å². The van der Waals surface area contributed by atoms with Gasteiger partial charge in [-0.05, 0) is 37.0 Å². The SMILES string of the molecule is COc1cccc(C(O)C(=O)N2CCC(N3CCCNC3=O)CC2)c1. The van der Waals surface area contributed by atoms with Crippen molar-refractivity contribution < 1.29 is 19.4 Å². The van der Waals surface area contributed by atoms with Crippen molar-refractivity contribution in [2.75, 3.05) is 33.3 Å². The normalized spacial score (nSPS) is 20.2. The van der Waals surface area contributed by atoms with Crippen molar-refractivity contribution in [1.29, 1.82) is 0 Å². The average Bonchev–Trinajstić information content (AvgIpc) is 2.67. The first-order valence-corrected chi connectivity index (χ1v) is 8.75. The van der Waals surface area contributed by atoms with E-state index in [1.54, 1.807) is 36.3 Å². The van der Waals surface area contributed by atoms with Gasteiger partial charge in [-0.1, -0.05) is 12.1 Å². The van der Waals surface area contributed by atoms with Crippen LogP contribution in [0.15, 0.2) is 24.3 Å². The number of carbonyl (C=O) groups excluding carboxylic acids is 2. The molecule has 7 heteroatoms. The van der Waals surface area contributed by atoms with Crippen LogP contribution < -0.4 is 10.1 Å². The van der Waals surface area contributed by atoms with Crippen LogP contribution in [-0.2, 0) is 4.79 Å². The fourth-order valence-electron chi connectivity index (χ4n) is 3.52. The number of piperidine rings is 1. The molecule has 1 aromatic carbocycles. The van der Waals surface area contributed by atoms with Crippen molar-refractivity contribution in [3.8, 4) is 5.75 Å². The number of urea groups is 1. The van der Waals surface area contributed by atoms with Crippen molar-refractivity contribution in [3.05, 3.63) is 29.8 Å². The highest BCUT2D eigenvalue weighted by Gasteiger charge is 2.32. The Morgan fingerprint density at radius 2 is 2.08 bits per heavy atom. The molecule has 1 aromatic rings. The molecule has 0 bridgehead atoms. The monoisotopic (exact) mass is 347 g/mol. The van der Waals surface area contributed by atoms with Gasteiger partial charge < -0.3 is 25.0 Å². The van der Waals surface area contributed by atoms with Gasteiger partial charge in [0.2, 0.25) is 0 Å². The number of hydrogen-bond donors (Lipinski definition) is 2. The average molecular weight is 347 g/mol. The zero-order valence-corrected chi connectivity index (χ0v) is 14.5. The first-order valence-electron chi connectivity index (χ1n) is 8.75. The summed E-state index contributed by atoms with van der Waals surface area (Å²) in [5.41, 5.74) is 0.530. The van der Waals surface area contributed by atoms with Gasteiger partial charge in [0, 0.05) is 32.2 Å². The molecule has 0 aliphatic carbocycles. The van der Waals surface area contributed by atoms with Gasteiger partial charge in [0.1, 0.15) is 5.75 Å². The lowest BCUT2D eigenvalue weighted by atomic mass is 10.0. The number of nitrogens with one attached hydrogen (secondary N) is 1. The number of benzene rings is 1. The van der Waals surface area contributed by atoms with Crippen LogP contribution in [0.1, 0.15) is 30.9 Å². The van der Waals surface area contributed by atoms with Crippen molar-refractivity contribution in [1.82, 2.24) is 15.1 Å². The minimum absolute atomic E-state index is 0.00700. The number of ether oxygens (including phenoxy) is 1. The predicted molar refractivity (Wildman–Crippen MR) is 92.3 cm³/mol. The van der Waals surface area contributed by atoms with Gasteiger partial charge >= 0.3 is 6.03 Å². The summed E-state index contributed by atoms with van der Waals surface area (Å²) in [7, 11) is 1.55. The number of nitrogens with zero attached hydrogens (tertiary/aromatic N) is 2. The lowest BCUT2D eigenvalue weighted by Gasteiger charge is -2.40. The van der Waals surface area contributed by atoms with E-state index < -0.39 is 6.10 Å². The van der Waals surface area contributed by atoms with E-state index in [0.29, 0.717) is 24.4 Å². The Morgan fingerprint density at radius 1 is 1.32 bits per heavy atom. The molecule has 0 saturated carbocycles. The second kappa shape index (κ2) is 7.74. The molecule has 0 spiro atoms. The summed E-state index contributed by atoms with van der Waals surface area (Å²) in [6, 6.07) is 7.08. The third-order valence-corrected chi connectivity index (χ3v) is 4.97. The Kier molecular flexibility index (Phi) is 5.43. The van der Waals surface area contributed by atoms with Crippen molar-refractivity contribution in [2.45, 2.75) is 31.4 Å². The molecule has 0 radical (unpaired) electrons. The molecule has 2 heterocycles. The maximum atomic E-state index is 12.6. The molecule has 7 nitrogen and oxygen atoms in total. The summed E-state index contributed by atoms with van der Waals surface area (Å²) < 4.78 is 5.14. The summed E-state index contributed by atoms with van der Waals surface area (Å²) in [5.74, 6) is 0.314. The van der Waals surface area contributed by atoms with Crippen LogP contribution in [0.2, 0.25) is 0 Å². The fraction of sp³-hybridized carbons (Fsp3) is 0.556. The molecule has 0 aromatic heterocycles. The van der Waals surface area contributed by atoms with E-state index in [1.807, 2.05) is 4.90 Å². The first-order chi connectivity index (χ1) is 12.1.